The molecule has 4 rings (SSSR count). The zero-order valence-electron chi connectivity index (χ0n) is 13.4. The third-order valence-corrected chi connectivity index (χ3v) is 7.00. The average molecular weight is 280 g/mol. The number of benzene rings is 1. The van der Waals surface area contributed by atoms with Crippen LogP contribution in [-0.2, 0) is 6.42 Å². The first kappa shape index (κ1) is 13.6. The van der Waals surface area contributed by atoms with Crippen molar-refractivity contribution < 1.29 is 0 Å². The summed E-state index contributed by atoms with van der Waals surface area (Å²) in [5.74, 6) is 2.70. The second-order valence-corrected chi connectivity index (χ2v) is 7.70. The van der Waals surface area contributed by atoms with Crippen LogP contribution in [0.25, 0.3) is 0 Å². The third kappa shape index (κ3) is 1.87. The molecule has 2 fully saturated rings. The first-order valence-electron chi connectivity index (χ1n) is 9.02. The second-order valence-electron chi connectivity index (χ2n) is 7.70. The molecule has 112 valence electrons. The lowest BCUT2D eigenvalue weighted by atomic mass is 9.53. The van der Waals surface area contributed by atoms with Crippen LogP contribution in [0.2, 0.25) is 0 Å². The van der Waals surface area contributed by atoms with Crippen LogP contribution in [0.5, 0.6) is 0 Å². The number of rotatable bonds is 2. The minimum Gasteiger partial charge on any atom is -0.0993 e. The largest absolute Gasteiger partial charge is 0.0993 e. The van der Waals surface area contributed by atoms with E-state index in [1.54, 1.807) is 16.7 Å². The van der Waals surface area contributed by atoms with Crippen LogP contribution in [0.4, 0.5) is 0 Å². The predicted molar refractivity (Wildman–Crippen MR) is 89.4 cm³/mol. The fourth-order valence-electron chi connectivity index (χ4n) is 6.18. The van der Waals surface area contributed by atoms with Gasteiger partial charge in [-0.25, -0.2) is 0 Å². The molecule has 1 aromatic rings. The number of hydrogen-bond acceptors (Lipinski definition) is 0. The molecule has 0 nitrogen and oxygen atoms in total. The number of aryl methyl sites for hydroxylation is 1. The van der Waals surface area contributed by atoms with E-state index >= 15 is 0 Å². The Morgan fingerprint density at radius 2 is 2.00 bits per heavy atom. The highest BCUT2D eigenvalue weighted by Crippen LogP contribution is 2.64. The fraction of sp³-hybridized carbons (Fsp3) is 0.619. The molecule has 0 amide bonds. The summed E-state index contributed by atoms with van der Waals surface area (Å²) in [5, 5.41) is 0. The van der Waals surface area contributed by atoms with Crippen LogP contribution in [0.15, 0.2) is 36.4 Å². The van der Waals surface area contributed by atoms with Gasteiger partial charge in [-0.05, 0) is 79.2 Å². The molecule has 0 aromatic heterocycles. The van der Waals surface area contributed by atoms with Crippen molar-refractivity contribution in [3.8, 4) is 0 Å². The molecule has 0 radical (unpaired) electrons. The van der Waals surface area contributed by atoms with Crippen molar-refractivity contribution in [1.82, 2.24) is 0 Å². The van der Waals surface area contributed by atoms with E-state index in [1.165, 1.54) is 51.4 Å². The minimum atomic E-state index is 0.516. The van der Waals surface area contributed by atoms with Gasteiger partial charge in [-0.1, -0.05) is 49.8 Å². The molecule has 0 unspecified atom stereocenters. The standard InChI is InChI=1S/C21H28/c1-3-13-21-14-12-18-17-7-5-4-6-16(17)9-10-19(18)20(21)11-8-15(21)2/h4-7,18-20H,2-3,8-14H2,1H3/t18-,19-,20+,21-/m1/s1. The van der Waals surface area contributed by atoms with Gasteiger partial charge >= 0.3 is 0 Å². The zero-order valence-corrected chi connectivity index (χ0v) is 13.4. The van der Waals surface area contributed by atoms with E-state index in [1.807, 2.05) is 0 Å². The van der Waals surface area contributed by atoms with Gasteiger partial charge in [0.05, 0.1) is 0 Å². The maximum atomic E-state index is 4.51. The molecule has 3 aliphatic rings. The lowest BCUT2D eigenvalue weighted by molar-refractivity contribution is 0.0599. The molecule has 0 bridgehead atoms. The molecule has 0 heterocycles. The topological polar surface area (TPSA) is 0 Å². The Hall–Kier alpha value is -1.04. The molecular weight excluding hydrogens is 252 g/mol. The predicted octanol–water partition coefficient (Wildman–Crippen LogP) is 5.88. The Kier molecular flexibility index (Phi) is 3.24. The quantitative estimate of drug-likeness (QED) is 0.593. The maximum Gasteiger partial charge on any atom is -0.00595 e. The van der Waals surface area contributed by atoms with Gasteiger partial charge in [0, 0.05) is 0 Å². The lowest BCUT2D eigenvalue weighted by Gasteiger charge is -2.51. The first-order chi connectivity index (χ1) is 10.3. The Balaban J connectivity index is 1.71. The van der Waals surface area contributed by atoms with E-state index in [2.05, 4.69) is 37.8 Å². The van der Waals surface area contributed by atoms with Crippen LogP contribution in [-0.4, -0.2) is 0 Å². The summed E-state index contributed by atoms with van der Waals surface area (Å²) in [7, 11) is 0. The molecule has 1 aromatic carbocycles. The molecule has 0 spiro atoms. The van der Waals surface area contributed by atoms with Gasteiger partial charge in [-0.15, -0.1) is 0 Å². The van der Waals surface area contributed by atoms with Gasteiger partial charge in [0.2, 0.25) is 0 Å². The Morgan fingerprint density at radius 1 is 1.14 bits per heavy atom. The monoisotopic (exact) mass is 280 g/mol. The van der Waals surface area contributed by atoms with Gasteiger partial charge < -0.3 is 0 Å². The molecule has 4 atom stereocenters. The van der Waals surface area contributed by atoms with Crippen molar-refractivity contribution in [3.63, 3.8) is 0 Å². The van der Waals surface area contributed by atoms with E-state index < -0.39 is 0 Å². The Labute approximate surface area is 129 Å². The zero-order chi connectivity index (χ0) is 14.4. The normalized spacial score (nSPS) is 37.8. The van der Waals surface area contributed by atoms with Crippen molar-refractivity contribution >= 4 is 0 Å². The summed E-state index contributed by atoms with van der Waals surface area (Å²) >= 11 is 0. The van der Waals surface area contributed by atoms with Crippen molar-refractivity contribution in [2.24, 2.45) is 17.3 Å². The lowest BCUT2D eigenvalue weighted by Crippen LogP contribution is -2.41. The van der Waals surface area contributed by atoms with E-state index in [9.17, 15) is 0 Å². The molecule has 2 saturated carbocycles. The number of hydrogen-bond donors (Lipinski definition) is 0. The highest BCUT2D eigenvalue weighted by atomic mass is 14.6. The fourth-order valence-corrected chi connectivity index (χ4v) is 6.18. The summed E-state index contributed by atoms with van der Waals surface area (Å²) in [6.07, 6.45) is 11.0. The van der Waals surface area contributed by atoms with E-state index in [4.69, 9.17) is 0 Å². The molecule has 0 aliphatic heterocycles. The summed E-state index contributed by atoms with van der Waals surface area (Å²) in [6, 6.07) is 9.26. The van der Waals surface area contributed by atoms with Crippen LogP contribution in [0, 0.1) is 17.3 Å². The summed E-state index contributed by atoms with van der Waals surface area (Å²) < 4.78 is 0. The second kappa shape index (κ2) is 5.00. The van der Waals surface area contributed by atoms with Gasteiger partial charge in [0.1, 0.15) is 0 Å². The van der Waals surface area contributed by atoms with Gasteiger partial charge in [0.25, 0.3) is 0 Å². The van der Waals surface area contributed by atoms with Gasteiger partial charge in [-0.3, -0.25) is 0 Å². The van der Waals surface area contributed by atoms with E-state index in [-0.39, 0.29) is 0 Å². The molecule has 0 N–H and O–H groups in total. The van der Waals surface area contributed by atoms with Crippen molar-refractivity contribution in [1.29, 1.82) is 0 Å². The highest BCUT2D eigenvalue weighted by Gasteiger charge is 2.53. The highest BCUT2D eigenvalue weighted by molar-refractivity contribution is 5.36. The first-order valence-corrected chi connectivity index (χ1v) is 9.02. The van der Waals surface area contributed by atoms with Crippen LogP contribution in [0.1, 0.15) is 68.9 Å². The van der Waals surface area contributed by atoms with E-state index in [0.717, 1.165) is 17.8 Å². The Bertz CT molecular complexity index is 555. The van der Waals surface area contributed by atoms with Crippen molar-refractivity contribution in [2.45, 2.75) is 64.2 Å². The summed E-state index contributed by atoms with van der Waals surface area (Å²) in [4.78, 5) is 0. The summed E-state index contributed by atoms with van der Waals surface area (Å²) in [5.41, 5.74) is 5.45. The van der Waals surface area contributed by atoms with Crippen molar-refractivity contribution in [2.75, 3.05) is 0 Å². The molecule has 0 saturated heterocycles. The van der Waals surface area contributed by atoms with Crippen LogP contribution < -0.4 is 0 Å². The smallest absolute Gasteiger partial charge is 0.00595 e. The number of fused-ring (bicyclic) bond motifs is 5. The Morgan fingerprint density at radius 3 is 2.86 bits per heavy atom. The van der Waals surface area contributed by atoms with Gasteiger partial charge in [-0.2, -0.15) is 0 Å². The van der Waals surface area contributed by atoms with Gasteiger partial charge in [0.15, 0.2) is 0 Å². The molecule has 21 heavy (non-hydrogen) atoms. The molecule has 0 heteroatoms. The summed E-state index contributed by atoms with van der Waals surface area (Å²) in [6.45, 7) is 6.87. The average Bonchev–Trinajstić information content (AvgIpc) is 2.85. The maximum absolute atomic E-state index is 4.51. The molecule has 3 aliphatic carbocycles. The van der Waals surface area contributed by atoms with Crippen molar-refractivity contribution in [3.05, 3.63) is 47.5 Å². The SMILES string of the molecule is C=C1CC[C@H]2[C@@H]3CCc4ccccc4[C@H]3CC[C@]12CCC. The van der Waals surface area contributed by atoms with Crippen LogP contribution >= 0.6 is 0 Å². The minimum absolute atomic E-state index is 0.516. The molecular formula is C21H28. The van der Waals surface area contributed by atoms with Crippen LogP contribution in [0.3, 0.4) is 0 Å². The number of allylic oxidation sites excluding steroid dienone is 1. The van der Waals surface area contributed by atoms with E-state index in [0.29, 0.717) is 5.41 Å². The third-order valence-electron chi connectivity index (χ3n) is 7.00.